The normalized spacial score (nSPS) is 11.9. The largest absolute Gasteiger partial charge is 0.482 e. The van der Waals surface area contributed by atoms with Crippen LogP contribution in [0.2, 0.25) is 0 Å². The molecule has 19 heavy (non-hydrogen) atoms. The highest BCUT2D eigenvalue weighted by atomic mass is 19.1. The Bertz CT molecular complexity index is 543. The lowest BCUT2D eigenvalue weighted by atomic mass is 10.1. The van der Waals surface area contributed by atoms with Crippen LogP contribution < -0.4 is 4.74 Å². The minimum atomic E-state index is -0.628. The molecule has 98 valence electrons. The average molecular weight is 260 g/mol. The van der Waals surface area contributed by atoms with Crippen molar-refractivity contribution in [1.29, 1.82) is 0 Å². The van der Waals surface area contributed by atoms with E-state index in [1.165, 1.54) is 43.0 Å². The highest BCUT2D eigenvalue weighted by molar-refractivity contribution is 5.99. The Balaban J connectivity index is 2.12. The van der Waals surface area contributed by atoms with Crippen LogP contribution in [0.5, 0.6) is 5.75 Å². The number of nitrogens with zero attached hydrogens (tertiary/aromatic N) is 2. The lowest BCUT2D eigenvalue weighted by molar-refractivity contribution is 0.0785. The highest BCUT2D eigenvalue weighted by Gasteiger charge is 2.20. The van der Waals surface area contributed by atoms with Gasteiger partial charge in [-0.25, -0.2) is 14.4 Å². The molecule has 0 aliphatic heterocycles. The summed E-state index contributed by atoms with van der Waals surface area (Å²) in [6, 6.07) is 5.57. The molecule has 0 bridgehead atoms. The Hall–Kier alpha value is -2.30. The Kier molecular flexibility index (Phi) is 4.18. The van der Waals surface area contributed by atoms with E-state index in [-0.39, 0.29) is 11.6 Å². The number of benzene rings is 1. The second-order valence-electron chi connectivity index (χ2n) is 3.96. The summed E-state index contributed by atoms with van der Waals surface area (Å²) in [4.78, 5) is 19.8. The van der Waals surface area contributed by atoms with Crippen molar-refractivity contribution in [3.05, 3.63) is 54.4 Å². The van der Waals surface area contributed by atoms with Crippen molar-refractivity contribution in [3.8, 4) is 5.75 Å². The summed E-state index contributed by atoms with van der Waals surface area (Å²) in [5, 5.41) is 0. The molecule has 0 aliphatic carbocycles. The number of ketones is 1. The third-order valence-electron chi connectivity index (χ3n) is 2.60. The molecule has 1 unspecified atom stereocenters. The maximum absolute atomic E-state index is 12.8. The zero-order valence-electron chi connectivity index (χ0n) is 10.4. The van der Waals surface area contributed by atoms with E-state index < -0.39 is 6.10 Å². The Morgan fingerprint density at radius 3 is 2.47 bits per heavy atom. The first-order chi connectivity index (χ1) is 9.20. The number of carbonyl (C=O) groups excluding carboxylic acids is 1. The van der Waals surface area contributed by atoms with Crippen LogP contribution in [0.1, 0.15) is 23.7 Å². The lowest BCUT2D eigenvalue weighted by Gasteiger charge is -2.16. The van der Waals surface area contributed by atoms with Crippen molar-refractivity contribution < 1.29 is 13.9 Å². The third kappa shape index (κ3) is 3.34. The fourth-order valence-electron chi connectivity index (χ4n) is 1.61. The lowest BCUT2D eigenvalue weighted by Crippen LogP contribution is -2.26. The summed E-state index contributed by atoms with van der Waals surface area (Å²) in [5.74, 6) is -0.0749. The predicted octanol–water partition coefficient (Wildman–Crippen LogP) is 2.66. The van der Waals surface area contributed by atoms with Crippen LogP contribution in [0.3, 0.4) is 0 Å². The first kappa shape index (κ1) is 13.1. The summed E-state index contributed by atoms with van der Waals surface area (Å²) >= 11 is 0. The van der Waals surface area contributed by atoms with E-state index in [9.17, 15) is 9.18 Å². The molecule has 2 rings (SSSR count). The highest BCUT2D eigenvalue weighted by Crippen LogP contribution is 2.16. The van der Waals surface area contributed by atoms with Crippen molar-refractivity contribution >= 4 is 5.78 Å². The van der Waals surface area contributed by atoms with Crippen molar-refractivity contribution in [3.63, 3.8) is 0 Å². The van der Waals surface area contributed by atoms with E-state index >= 15 is 0 Å². The summed E-state index contributed by atoms with van der Waals surface area (Å²) in [6.45, 7) is 1.84. The van der Waals surface area contributed by atoms with Crippen LogP contribution in [-0.2, 0) is 0 Å². The van der Waals surface area contributed by atoms with Gasteiger partial charge in [0.25, 0.3) is 0 Å². The molecule has 0 radical (unpaired) electrons. The monoisotopic (exact) mass is 260 g/mol. The maximum atomic E-state index is 12.8. The van der Waals surface area contributed by atoms with Crippen LogP contribution >= 0.6 is 0 Å². The van der Waals surface area contributed by atoms with Gasteiger partial charge in [-0.1, -0.05) is 6.92 Å². The van der Waals surface area contributed by atoms with E-state index in [0.29, 0.717) is 17.7 Å². The molecule has 1 heterocycles. The SMILES string of the molecule is CCC(Oc1ccc(F)cc1)C(=O)c1cncnc1. The van der Waals surface area contributed by atoms with Gasteiger partial charge in [-0.3, -0.25) is 4.79 Å². The average Bonchev–Trinajstić information content (AvgIpc) is 2.47. The topological polar surface area (TPSA) is 52.1 Å². The molecule has 0 spiro atoms. The smallest absolute Gasteiger partial charge is 0.206 e. The van der Waals surface area contributed by atoms with Crippen LogP contribution in [-0.4, -0.2) is 21.9 Å². The second kappa shape index (κ2) is 6.04. The molecule has 0 fully saturated rings. The molecule has 2 aromatic rings. The number of carbonyl (C=O) groups is 1. The molecule has 0 N–H and O–H groups in total. The number of ether oxygens (including phenoxy) is 1. The van der Waals surface area contributed by atoms with Crippen molar-refractivity contribution in [2.75, 3.05) is 0 Å². The van der Waals surface area contributed by atoms with Gasteiger partial charge in [-0.05, 0) is 30.7 Å². The van der Waals surface area contributed by atoms with Gasteiger partial charge >= 0.3 is 0 Å². The maximum Gasteiger partial charge on any atom is 0.206 e. The number of halogens is 1. The van der Waals surface area contributed by atoms with Gasteiger partial charge < -0.3 is 4.74 Å². The molecule has 1 atom stereocenters. The number of Topliss-reactive ketones (excluding diaryl/α,β-unsaturated/α-hetero) is 1. The molecule has 0 saturated heterocycles. The minimum Gasteiger partial charge on any atom is -0.482 e. The van der Waals surface area contributed by atoms with Gasteiger partial charge in [0.1, 0.15) is 17.9 Å². The quantitative estimate of drug-likeness (QED) is 0.775. The molecule has 1 aromatic heterocycles. The van der Waals surface area contributed by atoms with Crippen LogP contribution in [0, 0.1) is 5.82 Å². The van der Waals surface area contributed by atoms with E-state index in [4.69, 9.17) is 4.74 Å². The fraction of sp³-hybridized carbons (Fsp3) is 0.214. The molecular formula is C14H13FN2O2. The third-order valence-corrected chi connectivity index (χ3v) is 2.60. The number of hydrogen-bond acceptors (Lipinski definition) is 4. The Labute approximate surface area is 110 Å². The summed E-state index contributed by atoms with van der Waals surface area (Å²) in [7, 11) is 0. The zero-order valence-corrected chi connectivity index (χ0v) is 10.4. The molecular weight excluding hydrogens is 247 g/mol. The van der Waals surface area contributed by atoms with Crippen molar-refractivity contribution in [2.24, 2.45) is 0 Å². The van der Waals surface area contributed by atoms with Crippen LogP contribution in [0.25, 0.3) is 0 Å². The molecule has 0 saturated carbocycles. The second-order valence-corrected chi connectivity index (χ2v) is 3.96. The van der Waals surface area contributed by atoms with E-state index in [1.807, 2.05) is 6.92 Å². The van der Waals surface area contributed by atoms with Crippen molar-refractivity contribution in [2.45, 2.75) is 19.4 Å². The number of rotatable bonds is 5. The standard InChI is InChI=1S/C14H13FN2O2/c1-2-13(14(18)10-7-16-9-17-8-10)19-12-5-3-11(15)4-6-12/h3-9,13H,2H2,1H3. The first-order valence-electron chi connectivity index (χ1n) is 5.92. The Morgan fingerprint density at radius 2 is 1.89 bits per heavy atom. The molecule has 5 heteroatoms. The molecule has 1 aromatic carbocycles. The Morgan fingerprint density at radius 1 is 1.26 bits per heavy atom. The van der Waals surface area contributed by atoms with Gasteiger partial charge in [0, 0.05) is 12.4 Å². The van der Waals surface area contributed by atoms with Crippen LogP contribution in [0.15, 0.2) is 43.0 Å². The minimum absolute atomic E-state index is 0.188. The summed E-state index contributed by atoms with van der Waals surface area (Å²) in [6.07, 6.45) is 4.14. The van der Waals surface area contributed by atoms with E-state index in [2.05, 4.69) is 9.97 Å². The van der Waals surface area contributed by atoms with E-state index in [1.54, 1.807) is 0 Å². The molecule has 0 amide bonds. The molecule has 4 nitrogen and oxygen atoms in total. The van der Waals surface area contributed by atoms with Gasteiger partial charge in [0.15, 0.2) is 6.10 Å². The van der Waals surface area contributed by atoms with Gasteiger partial charge in [-0.15, -0.1) is 0 Å². The van der Waals surface area contributed by atoms with Crippen molar-refractivity contribution in [1.82, 2.24) is 9.97 Å². The number of hydrogen-bond donors (Lipinski definition) is 0. The summed E-state index contributed by atoms with van der Waals surface area (Å²) < 4.78 is 18.4. The van der Waals surface area contributed by atoms with E-state index in [0.717, 1.165) is 0 Å². The molecule has 0 aliphatic rings. The predicted molar refractivity (Wildman–Crippen MR) is 67.5 cm³/mol. The van der Waals surface area contributed by atoms with Crippen LogP contribution in [0.4, 0.5) is 4.39 Å². The van der Waals surface area contributed by atoms with Gasteiger partial charge in [0.2, 0.25) is 5.78 Å². The van der Waals surface area contributed by atoms with Gasteiger partial charge in [0.05, 0.1) is 5.56 Å². The summed E-state index contributed by atoms with van der Waals surface area (Å²) in [5.41, 5.74) is 0.400. The van der Waals surface area contributed by atoms with Gasteiger partial charge in [-0.2, -0.15) is 0 Å². The number of aromatic nitrogens is 2. The zero-order chi connectivity index (χ0) is 13.7. The first-order valence-corrected chi connectivity index (χ1v) is 5.92. The fourth-order valence-corrected chi connectivity index (χ4v) is 1.61.